The van der Waals surface area contributed by atoms with E-state index >= 15 is 0 Å². The van der Waals surface area contributed by atoms with Crippen LogP contribution in [0.1, 0.15) is 38.7 Å². The molecular formula is C16H19ClN2O2. The van der Waals surface area contributed by atoms with Crippen LogP contribution in [0.25, 0.3) is 0 Å². The summed E-state index contributed by atoms with van der Waals surface area (Å²) in [7, 11) is 0. The monoisotopic (exact) mass is 306 g/mol. The van der Waals surface area contributed by atoms with Gasteiger partial charge in [0, 0.05) is 16.7 Å². The zero-order valence-electron chi connectivity index (χ0n) is 12.5. The minimum atomic E-state index is -0.434. The van der Waals surface area contributed by atoms with E-state index in [4.69, 9.17) is 16.3 Å². The first-order valence-electron chi connectivity index (χ1n) is 7.11. The Morgan fingerprint density at radius 3 is 2.71 bits per heavy atom. The Kier molecular flexibility index (Phi) is 5.12. The quantitative estimate of drug-likeness (QED) is 0.793. The molecule has 2 rings (SSSR count). The van der Waals surface area contributed by atoms with Crippen LogP contribution < -0.4 is 0 Å². The van der Waals surface area contributed by atoms with Gasteiger partial charge < -0.3 is 4.74 Å². The van der Waals surface area contributed by atoms with E-state index in [2.05, 4.69) is 10.2 Å². The van der Waals surface area contributed by atoms with Crippen molar-refractivity contribution in [3.63, 3.8) is 0 Å². The molecule has 0 fully saturated rings. The van der Waals surface area contributed by atoms with Crippen molar-refractivity contribution in [1.82, 2.24) is 0 Å². The second-order valence-electron chi connectivity index (χ2n) is 4.95. The Hall–Kier alpha value is -1.68. The predicted octanol–water partition coefficient (Wildman–Crippen LogP) is 3.84. The maximum atomic E-state index is 12.3. The molecule has 1 aliphatic heterocycles. The van der Waals surface area contributed by atoms with Gasteiger partial charge in [0.15, 0.2) is 0 Å². The van der Waals surface area contributed by atoms with Gasteiger partial charge in [0.25, 0.3) is 0 Å². The largest absolute Gasteiger partial charge is 0.465 e. The van der Waals surface area contributed by atoms with Crippen molar-refractivity contribution in [2.45, 2.75) is 33.1 Å². The third-order valence-electron chi connectivity index (χ3n) is 3.59. The normalized spacial score (nSPS) is 21.5. The number of carbonyl (C=O) groups is 1. The highest BCUT2D eigenvalue weighted by Gasteiger charge is 2.38. The van der Waals surface area contributed by atoms with Crippen molar-refractivity contribution in [2.75, 3.05) is 6.61 Å². The van der Waals surface area contributed by atoms with E-state index in [0.29, 0.717) is 17.3 Å². The summed E-state index contributed by atoms with van der Waals surface area (Å²) in [6, 6.07) is 7.54. The van der Waals surface area contributed by atoms with Gasteiger partial charge >= 0.3 is 5.97 Å². The molecule has 0 radical (unpaired) electrons. The van der Waals surface area contributed by atoms with E-state index in [1.54, 1.807) is 6.92 Å². The molecular weight excluding hydrogens is 288 g/mol. The summed E-state index contributed by atoms with van der Waals surface area (Å²) in [5.41, 5.74) is 2.52. The molecule has 4 nitrogen and oxygen atoms in total. The molecule has 0 aromatic heterocycles. The number of hydrogen-bond acceptors (Lipinski definition) is 4. The van der Waals surface area contributed by atoms with Crippen molar-refractivity contribution in [3.05, 3.63) is 34.9 Å². The highest BCUT2D eigenvalue weighted by molar-refractivity contribution is 6.30. The molecule has 0 bridgehead atoms. The highest BCUT2D eigenvalue weighted by Crippen LogP contribution is 2.34. The zero-order valence-corrected chi connectivity index (χ0v) is 13.2. The number of benzene rings is 1. The summed E-state index contributed by atoms with van der Waals surface area (Å²) >= 11 is 6.09. The summed E-state index contributed by atoms with van der Waals surface area (Å²) in [5.74, 6) is -0.856. The molecule has 2 unspecified atom stereocenters. The van der Waals surface area contributed by atoms with Crippen LogP contribution in [0.4, 0.5) is 0 Å². The molecule has 112 valence electrons. The minimum Gasteiger partial charge on any atom is -0.465 e. The van der Waals surface area contributed by atoms with E-state index < -0.39 is 5.92 Å². The van der Waals surface area contributed by atoms with Crippen molar-refractivity contribution in [2.24, 2.45) is 16.1 Å². The molecule has 21 heavy (non-hydrogen) atoms. The first-order chi connectivity index (χ1) is 10.1. The number of rotatable bonds is 4. The number of halogens is 1. The van der Waals surface area contributed by atoms with E-state index in [0.717, 1.165) is 17.7 Å². The first kappa shape index (κ1) is 15.7. The fourth-order valence-corrected chi connectivity index (χ4v) is 2.81. The molecule has 0 N–H and O–H groups in total. The third kappa shape index (κ3) is 3.32. The van der Waals surface area contributed by atoms with Gasteiger partial charge in [-0.2, -0.15) is 10.2 Å². The topological polar surface area (TPSA) is 51.0 Å². The Bertz CT molecular complexity index is 596. The van der Waals surface area contributed by atoms with Gasteiger partial charge in [-0.1, -0.05) is 30.7 Å². The van der Waals surface area contributed by atoms with E-state index in [1.807, 2.05) is 38.1 Å². The molecule has 0 saturated heterocycles. The second kappa shape index (κ2) is 6.85. The maximum Gasteiger partial charge on any atom is 0.315 e. The van der Waals surface area contributed by atoms with Crippen molar-refractivity contribution in [1.29, 1.82) is 0 Å². The van der Waals surface area contributed by atoms with E-state index in [-0.39, 0.29) is 11.9 Å². The lowest BCUT2D eigenvalue weighted by atomic mass is 9.78. The van der Waals surface area contributed by atoms with Gasteiger partial charge in [-0.15, -0.1) is 0 Å². The number of esters is 1. The molecule has 1 aliphatic rings. The first-order valence-corrected chi connectivity index (χ1v) is 7.49. The van der Waals surface area contributed by atoms with E-state index in [9.17, 15) is 4.79 Å². The zero-order chi connectivity index (χ0) is 15.4. The van der Waals surface area contributed by atoms with Crippen molar-refractivity contribution in [3.8, 4) is 0 Å². The van der Waals surface area contributed by atoms with Gasteiger partial charge in [-0.25, -0.2) is 0 Å². The average molecular weight is 307 g/mol. The van der Waals surface area contributed by atoms with Crippen LogP contribution in [0.15, 0.2) is 34.5 Å². The molecule has 0 saturated carbocycles. The smallest absolute Gasteiger partial charge is 0.315 e. The Morgan fingerprint density at radius 2 is 2.10 bits per heavy atom. The van der Waals surface area contributed by atoms with Gasteiger partial charge in [-0.05, 0) is 38.0 Å². The predicted molar refractivity (Wildman–Crippen MR) is 85.2 cm³/mol. The molecule has 0 amide bonds. The van der Waals surface area contributed by atoms with Gasteiger partial charge in [0.2, 0.25) is 0 Å². The summed E-state index contributed by atoms with van der Waals surface area (Å²) in [5, 5.41) is 9.04. The maximum absolute atomic E-state index is 12.3. The summed E-state index contributed by atoms with van der Waals surface area (Å²) in [6.45, 7) is 5.98. The molecule has 2 atom stereocenters. The van der Waals surface area contributed by atoms with Crippen LogP contribution in [0.2, 0.25) is 5.02 Å². The van der Waals surface area contributed by atoms with Gasteiger partial charge in [0.05, 0.1) is 12.3 Å². The fraction of sp³-hybridized carbons (Fsp3) is 0.438. The van der Waals surface area contributed by atoms with E-state index in [1.165, 1.54) is 0 Å². The Morgan fingerprint density at radius 1 is 1.33 bits per heavy atom. The van der Waals surface area contributed by atoms with Crippen molar-refractivity contribution >= 4 is 29.0 Å². The van der Waals surface area contributed by atoms with Crippen LogP contribution in [0.5, 0.6) is 0 Å². The number of hydrogen-bond donors (Lipinski definition) is 0. The Balaban J connectivity index is 2.47. The molecule has 1 aromatic carbocycles. The second-order valence-corrected chi connectivity index (χ2v) is 5.39. The fourth-order valence-electron chi connectivity index (χ4n) is 2.62. The SMILES string of the molecule is CCOC(=O)C1C(C)=NN=C(CC)C1c1cccc(Cl)c1. The van der Waals surface area contributed by atoms with Crippen LogP contribution >= 0.6 is 11.6 Å². The van der Waals surface area contributed by atoms with Crippen LogP contribution in [-0.2, 0) is 9.53 Å². The molecule has 0 aliphatic carbocycles. The molecule has 0 spiro atoms. The van der Waals surface area contributed by atoms with Crippen LogP contribution in [0.3, 0.4) is 0 Å². The summed E-state index contributed by atoms with van der Waals surface area (Å²) < 4.78 is 5.22. The molecule has 1 aromatic rings. The molecule has 5 heteroatoms. The summed E-state index contributed by atoms with van der Waals surface area (Å²) in [6.07, 6.45) is 0.726. The lowest BCUT2D eigenvalue weighted by molar-refractivity contribution is -0.145. The highest BCUT2D eigenvalue weighted by atomic mass is 35.5. The number of nitrogens with zero attached hydrogens (tertiary/aromatic N) is 2. The van der Waals surface area contributed by atoms with Crippen molar-refractivity contribution < 1.29 is 9.53 Å². The average Bonchev–Trinajstić information content (AvgIpc) is 2.47. The summed E-state index contributed by atoms with van der Waals surface area (Å²) in [4.78, 5) is 12.3. The van der Waals surface area contributed by atoms with Crippen LogP contribution in [-0.4, -0.2) is 24.0 Å². The Labute approximate surface area is 129 Å². The minimum absolute atomic E-state index is 0.162. The number of carbonyl (C=O) groups excluding carboxylic acids is 1. The van der Waals surface area contributed by atoms with Crippen LogP contribution in [0, 0.1) is 5.92 Å². The standard InChI is InChI=1S/C16H19ClN2O2/c1-4-13-15(11-7-6-8-12(17)9-11)14(10(3)18-19-13)16(20)21-5-2/h6-9,14-15H,4-5H2,1-3H3. The lowest BCUT2D eigenvalue weighted by Gasteiger charge is -2.29. The molecule has 1 heterocycles. The number of ether oxygens (including phenoxy) is 1. The van der Waals surface area contributed by atoms with Gasteiger partial charge in [0.1, 0.15) is 5.92 Å². The lowest BCUT2D eigenvalue weighted by Crippen LogP contribution is -2.36. The van der Waals surface area contributed by atoms with Gasteiger partial charge in [-0.3, -0.25) is 4.79 Å². The third-order valence-corrected chi connectivity index (χ3v) is 3.82.